The number of hydrogen-bond donors (Lipinski definition) is 1. The summed E-state index contributed by atoms with van der Waals surface area (Å²) >= 11 is 0. The van der Waals surface area contributed by atoms with Gasteiger partial charge in [0, 0.05) is 29.1 Å². The van der Waals surface area contributed by atoms with Crippen molar-refractivity contribution in [3.8, 4) is 0 Å². The Bertz CT molecular complexity index is 424. The standard InChI is InChI=1S/C10H8N2O2/c13-10(12-14)8-5-7-3-1-2-4-9(7)11-6-8/h1-4,6,11H,5H2. The van der Waals surface area contributed by atoms with E-state index in [1.165, 1.54) is 6.20 Å². The molecule has 1 aliphatic rings. The van der Waals surface area contributed by atoms with Gasteiger partial charge in [0.1, 0.15) is 0 Å². The number of benzene rings is 1. The Morgan fingerprint density at radius 1 is 1.36 bits per heavy atom. The second kappa shape index (κ2) is 3.41. The Morgan fingerprint density at radius 2 is 2.14 bits per heavy atom. The first-order valence-corrected chi connectivity index (χ1v) is 4.22. The van der Waals surface area contributed by atoms with Crippen molar-refractivity contribution in [3.63, 3.8) is 0 Å². The van der Waals surface area contributed by atoms with Crippen LogP contribution in [0.25, 0.3) is 0 Å². The van der Waals surface area contributed by atoms with Gasteiger partial charge in [-0.25, -0.2) is 0 Å². The minimum absolute atomic E-state index is 0.402. The van der Waals surface area contributed by atoms with Gasteiger partial charge in [0.15, 0.2) is 0 Å². The quantitative estimate of drug-likeness (QED) is 0.684. The summed E-state index contributed by atoms with van der Waals surface area (Å²) in [6.45, 7) is 0. The molecular formula is C10H8N2O2. The van der Waals surface area contributed by atoms with Crippen molar-refractivity contribution in [2.45, 2.75) is 6.42 Å². The topological polar surface area (TPSA) is 58.5 Å². The van der Waals surface area contributed by atoms with Crippen LogP contribution in [0.3, 0.4) is 0 Å². The van der Waals surface area contributed by atoms with Gasteiger partial charge in [-0.2, -0.15) is 0 Å². The summed E-state index contributed by atoms with van der Waals surface area (Å²) in [4.78, 5) is 21.0. The maximum atomic E-state index is 11.0. The van der Waals surface area contributed by atoms with Crippen LogP contribution in [-0.2, 0) is 11.2 Å². The average Bonchev–Trinajstić information content (AvgIpc) is 2.27. The van der Waals surface area contributed by atoms with E-state index in [2.05, 4.69) is 10.5 Å². The number of anilines is 1. The highest BCUT2D eigenvalue weighted by Gasteiger charge is 2.16. The van der Waals surface area contributed by atoms with Crippen LogP contribution in [0, 0.1) is 4.91 Å². The minimum Gasteiger partial charge on any atom is -0.361 e. The Morgan fingerprint density at radius 3 is 2.93 bits per heavy atom. The van der Waals surface area contributed by atoms with E-state index in [0.717, 1.165) is 11.3 Å². The molecule has 0 radical (unpaired) electrons. The molecule has 0 bridgehead atoms. The Hall–Kier alpha value is -1.97. The van der Waals surface area contributed by atoms with Crippen LogP contribution in [0.5, 0.6) is 0 Å². The van der Waals surface area contributed by atoms with Gasteiger partial charge in [-0.3, -0.25) is 4.79 Å². The molecule has 0 atom stereocenters. The van der Waals surface area contributed by atoms with Crippen molar-refractivity contribution in [1.29, 1.82) is 0 Å². The van der Waals surface area contributed by atoms with Gasteiger partial charge in [0.25, 0.3) is 0 Å². The second-order valence-electron chi connectivity index (χ2n) is 3.04. The van der Waals surface area contributed by atoms with Crippen LogP contribution in [-0.4, -0.2) is 5.91 Å². The summed E-state index contributed by atoms with van der Waals surface area (Å²) in [7, 11) is 0. The molecule has 0 aliphatic carbocycles. The summed E-state index contributed by atoms with van der Waals surface area (Å²) in [6, 6.07) is 7.63. The van der Waals surface area contributed by atoms with E-state index >= 15 is 0 Å². The number of amides is 1. The molecule has 0 saturated carbocycles. The first kappa shape index (κ1) is 8.62. The molecule has 4 heteroatoms. The van der Waals surface area contributed by atoms with Crippen LogP contribution in [0.15, 0.2) is 41.2 Å². The summed E-state index contributed by atoms with van der Waals surface area (Å²) in [5.74, 6) is -0.702. The molecule has 14 heavy (non-hydrogen) atoms. The lowest BCUT2D eigenvalue weighted by molar-refractivity contribution is -0.114. The third kappa shape index (κ3) is 1.42. The molecule has 1 heterocycles. The van der Waals surface area contributed by atoms with Gasteiger partial charge in [0.05, 0.1) is 0 Å². The molecule has 1 aliphatic heterocycles. The van der Waals surface area contributed by atoms with Crippen molar-refractivity contribution in [3.05, 3.63) is 46.5 Å². The molecule has 70 valence electrons. The van der Waals surface area contributed by atoms with E-state index in [0.29, 0.717) is 12.0 Å². The van der Waals surface area contributed by atoms with Crippen LogP contribution in [0.1, 0.15) is 5.56 Å². The number of fused-ring (bicyclic) bond motifs is 1. The van der Waals surface area contributed by atoms with Gasteiger partial charge in [-0.15, -0.1) is 4.91 Å². The molecule has 1 N–H and O–H groups in total. The minimum atomic E-state index is -0.702. The lowest BCUT2D eigenvalue weighted by atomic mass is 10.0. The molecule has 0 fully saturated rings. The zero-order valence-corrected chi connectivity index (χ0v) is 7.36. The molecular weight excluding hydrogens is 180 g/mol. The Balaban J connectivity index is 2.29. The Kier molecular flexibility index (Phi) is 2.10. The number of nitrogens with zero attached hydrogens (tertiary/aromatic N) is 1. The third-order valence-corrected chi connectivity index (χ3v) is 2.16. The van der Waals surface area contributed by atoms with E-state index < -0.39 is 5.91 Å². The highest BCUT2D eigenvalue weighted by molar-refractivity contribution is 5.95. The van der Waals surface area contributed by atoms with Gasteiger partial charge in [-0.05, 0) is 11.6 Å². The zero-order chi connectivity index (χ0) is 9.97. The summed E-state index contributed by atoms with van der Waals surface area (Å²) in [5, 5.41) is 5.33. The molecule has 0 aromatic heterocycles. The fourth-order valence-corrected chi connectivity index (χ4v) is 1.43. The number of para-hydroxylation sites is 1. The first-order valence-electron chi connectivity index (χ1n) is 4.22. The molecule has 4 nitrogen and oxygen atoms in total. The zero-order valence-electron chi connectivity index (χ0n) is 7.36. The van der Waals surface area contributed by atoms with Gasteiger partial charge >= 0.3 is 5.91 Å². The molecule has 0 saturated heterocycles. The van der Waals surface area contributed by atoms with E-state index in [4.69, 9.17) is 0 Å². The fourth-order valence-electron chi connectivity index (χ4n) is 1.43. The van der Waals surface area contributed by atoms with Crippen molar-refractivity contribution in [2.75, 3.05) is 5.32 Å². The van der Waals surface area contributed by atoms with E-state index in [9.17, 15) is 9.70 Å². The number of nitrogens with one attached hydrogen (secondary N) is 1. The Labute approximate surface area is 80.6 Å². The van der Waals surface area contributed by atoms with Crippen molar-refractivity contribution < 1.29 is 4.79 Å². The molecule has 0 unspecified atom stereocenters. The van der Waals surface area contributed by atoms with Gasteiger partial charge in [0.2, 0.25) is 0 Å². The molecule has 1 amide bonds. The number of hydrogen-bond acceptors (Lipinski definition) is 3. The van der Waals surface area contributed by atoms with Crippen LogP contribution in [0.2, 0.25) is 0 Å². The van der Waals surface area contributed by atoms with Gasteiger partial charge < -0.3 is 5.32 Å². The average molecular weight is 188 g/mol. The number of nitroso groups, excluding NO2 is 1. The normalized spacial score (nSPS) is 13.6. The third-order valence-electron chi connectivity index (χ3n) is 2.16. The SMILES string of the molecule is O=NC(=O)C1=CNc2ccccc2C1. The van der Waals surface area contributed by atoms with Crippen molar-refractivity contribution >= 4 is 11.6 Å². The van der Waals surface area contributed by atoms with Crippen LogP contribution >= 0.6 is 0 Å². The number of carbonyl (C=O) groups excluding carboxylic acids is 1. The monoisotopic (exact) mass is 188 g/mol. The number of carbonyl (C=O) groups is 1. The van der Waals surface area contributed by atoms with Crippen molar-refractivity contribution in [1.82, 2.24) is 0 Å². The van der Waals surface area contributed by atoms with E-state index in [1.807, 2.05) is 24.3 Å². The van der Waals surface area contributed by atoms with E-state index in [1.54, 1.807) is 0 Å². The molecule has 1 aromatic rings. The predicted octanol–water partition coefficient (Wildman–Crippen LogP) is 1.83. The number of rotatable bonds is 1. The lowest BCUT2D eigenvalue weighted by Crippen LogP contribution is -2.10. The fraction of sp³-hybridized carbons (Fsp3) is 0.100. The summed E-state index contributed by atoms with van der Waals surface area (Å²) in [5.41, 5.74) is 2.37. The highest BCUT2D eigenvalue weighted by atomic mass is 16.3. The molecule has 1 aromatic carbocycles. The predicted molar refractivity (Wildman–Crippen MR) is 52.7 cm³/mol. The second-order valence-corrected chi connectivity index (χ2v) is 3.04. The van der Waals surface area contributed by atoms with Crippen molar-refractivity contribution in [2.24, 2.45) is 5.18 Å². The van der Waals surface area contributed by atoms with Gasteiger partial charge in [-0.1, -0.05) is 18.2 Å². The maximum Gasteiger partial charge on any atom is 0.314 e. The smallest absolute Gasteiger partial charge is 0.314 e. The largest absolute Gasteiger partial charge is 0.361 e. The van der Waals surface area contributed by atoms with Crippen LogP contribution < -0.4 is 5.32 Å². The lowest BCUT2D eigenvalue weighted by Gasteiger charge is -2.15. The van der Waals surface area contributed by atoms with E-state index in [-0.39, 0.29) is 0 Å². The highest BCUT2D eigenvalue weighted by Crippen LogP contribution is 2.23. The summed E-state index contributed by atoms with van der Waals surface area (Å²) < 4.78 is 0. The maximum absolute atomic E-state index is 11.0. The first-order chi connectivity index (χ1) is 6.81. The molecule has 2 rings (SSSR count). The van der Waals surface area contributed by atoms with Crippen LogP contribution in [0.4, 0.5) is 5.69 Å². The molecule has 0 spiro atoms. The summed E-state index contributed by atoms with van der Waals surface area (Å²) in [6.07, 6.45) is 2.00.